The quantitative estimate of drug-likeness (QED) is 0.862. The molecule has 1 saturated heterocycles. The van der Waals surface area contributed by atoms with Gasteiger partial charge >= 0.3 is 6.03 Å². The molecule has 3 heterocycles. The number of carbonyl (C=O) groups is 1. The van der Waals surface area contributed by atoms with Crippen LogP contribution in [0.4, 0.5) is 19.3 Å². The summed E-state index contributed by atoms with van der Waals surface area (Å²) >= 11 is 0. The minimum Gasteiger partial charge on any atom is -0.353 e. The van der Waals surface area contributed by atoms with Crippen molar-refractivity contribution in [2.45, 2.75) is 13.0 Å². The van der Waals surface area contributed by atoms with Crippen LogP contribution < -0.4 is 5.32 Å². The SMILES string of the molecule is C[C@@H]1CN2C=NC(N3CCN(C(=O)Nc4cc(F)cc(F)c4)CC3)=CC2=N1. The Morgan fingerprint density at radius 2 is 1.85 bits per heavy atom. The molecule has 1 aromatic rings. The van der Waals surface area contributed by atoms with Gasteiger partial charge in [0.2, 0.25) is 0 Å². The number of nitrogens with one attached hydrogen (secondary N) is 1. The van der Waals surface area contributed by atoms with Gasteiger partial charge in [-0.25, -0.2) is 18.6 Å². The fourth-order valence-corrected chi connectivity index (χ4v) is 3.37. The fraction of sp³-hybridized carbons (Fsp3) is 0.389. The zero-order chi connectivity index (χ0) is 19.0. The van der Waals surface area contributed by atoms with Crippen LogP contribution >= 0.6 is 0 Å². The minimum atomic E-state index is -0.726. The van der Waals surface area contributed by atoms with Crippen molar-refractivity contribution in [1.29, 1.82) is 0 Å². The van der Waals surface area contributed by atoms with E-state index in [1.807, 2.05) is 11.0 Å². The lowest BCUT2D eigenvalue weighted by atomic mass is 10.3. The molecule has 0 bridgehead atoms. The zero-order valence-electron chi connectivity index (χ0n) is 14.9. The van der Waals surface area contributed by atoms with Gasteiger partial charge in [-0.2, -0.15) is 0 Å². The maximum atomic E-state index is 13.3. The highest BCUT2D eigenvalue weighted by Gasteiger charge is 2.27. The van der Waals surface area contributed by atoms with Crippen molar-refractivity contribution in [3.05, 3.63) is 41.7 Å². The molecule has 7 nitrogen and oxygen atoms in total. The Labute approximate surface area is 155 Å². The Morgan fingerprint density at radius 1 is 1.15 bits per heavy atom. The predicted octanol–water partition coefficient (Wildman–Crippen LogP) is 2.10. The number of hydrogen-bond acceptors (Lipinski definition) is 5. The fourth-order valence-electron chi connectivity index (χ4n) is 3.37. The molecule has 3 aliphatic heterocycles. The van der Waals surface area contributed by atoms with E-state index < -0.39 is 11.6 Å². The Hall–Kier alpha value is -2.97. The van der Waals surface area contributed by atoms with Gasteiger partial charge in [0.15, 0.2) is 0 Å². The summed E-state index contributed by atoms with van der Waals surface area (Å²) in [4.78, 5) is 27.1. The number of hydrogen-bond donors (Lipinski definition) is 1. The van der Waals surface area contributed by atoms with E-state index in [1.165, 1.54) is 0 Å². The highest BCUT2D eigenvalue weighted by atomic mass is 19.1. The van der Waals surface area contributed by atoms with Gasteiger partial charge in [0, 0.05) is 50.6 Å². The van der Waals surface area contributed by atoms with Crippen LogP contribution in [0.3, 0.4) is 0 Å². The number of carbonyl (C=O) groups excluding carboxylic acids is 1. The first-order chi connectivity index (χ1) is 13.0. The second-order valence-electron chi connectivity index (χ2n) is 6.80. The number of urea groups is 1. The molecule has 9 heteroatoms. The van der Waals surface area contributed by atoms with Crippen molar-refractivity contribution in [2.24, 2.45) is 9.98 Å². The molecule has 0 unspecified atom stereocenters. The molecule has 1 N–H and O–H groups in total. The molecule has 2 amide bonds. The van der Waals surface area contributed by atoms with Crippen molar-refractivity contribution >= 4 is 23.9 Å². The Balaban J connectivity index is 1.35. The van der Waals surface area contributed by atoms with E-state index in [4.69, 9.17) is 0 Å². The number of amides is 2. The van der Waals surface area contributed by atoms with Gasteiger partial charge in [-0.3, -0.25) is 4.99 Å². The maximum absolute atomic E-state index is 13.3. The van der Waals surface area contributed by atoms with E-state index in [1.54, 1.807) is 11.2 Å². The topological polar surface area (TPSA) is 63.5 Å². The van der Waals surface area contributed by atoms with E-state index in [-0.39, 0.29) is 17.8 Å². The monoisotopic (exact) mass is 374 g/mol. The number of halogens is 2. The number of fused-ring (bicyclic) bond motifs is 1. The molecular weight excluding hydrogens is 354 g/mol. The lowest BCUT2D eigenvalue weighted by Crippen LogP contribution is -2.49. The summed E-state index contributed by atoms with van der Waals surface area (Å²) in [5.41, 5.74) is 0.105. The molecule has 0 saturated carbocycles. The number of nitrogens with zero attached hydrogens (tertiary/aromatic N) is 5. The smallest absolute Gasteiger partial charge is 0.321 e. The standard InChI is InChI=1S/C18H20F2N6O/c1-12-10-26-11-21-16(9-17(26)22-12)24-2-4-25(5-3-24)18(27)23-15-7-13(19)6-14(20)8-15/h6-9,11-12H,2-5,10H2,1H3,(H,23,27)/t12-/m1/s1. The third-order valence-corrected chi connectivity index (χ3v) is 4.70. The highest BCUT2D eigenvalue weighted by molar-refractivity contribution is 6.03. The molecule has 27 heavy (non-hydrogen) atoms. The van der Waals surface area contributed by atoms with Crippen molar-refractivity contribution in [3.63, 3.8) is 0 Å². The molecule has 0 aromatic heterocycles. The van der Waals surface area contributed by atoms with Crippen LogP contribution in [0, 0.1) is 11.6 Å². The van der Waals surface area contributed by atoms with Crippen molar-refractivity contribution in [3.8, 4) is 0 Å². The number of piperazine rings is 1. The number of aliphatic imine (C=N–C) groups is 2. The van der Waals surface area contributed by atoms with Gasteiger partial charge in [-0.15, -0.1) is 0 Å². The largest absolute Gasteiger partial charge is 0.353 e. The third-order valence-electron chi connectivity index (χ3n) is 4.70. The van der Waals surface area contributed by atoms with Gasteiger partial charge in [0.05, 0.1) is 12.4 Å². The van der Waals surface area contributed by atoms with Crippen LogP contribution in [-0.2, 0) is 0 Å². The first-order valence-electron chi connectivity index (χ1n) is 8.85. The molecule has 142 valence electrons. The summed E-state index contributed by atoms with van der Waals surface area (Å²) in [6.07, 6.45) is 3.77. The van der Waals surface area contributed by atoms with Crippen LogP contribution in [0.1, 0.15) is 6.92 Å². The Bertz CT molecular complexity index is 824. The molecular formula is C18H20F2N6O. The molecule has 3 aliphatic rings. The van der Waals surface area contributed by atoms with E-state index in [0.717, 1.165) is 36.4 Å². The van der Waals surface area contributed by atoms with Crippen molar-refractivity contribution in [1.82, 2.24) is 14.7 Å². The van der Waals surface area contributed by atoms with E-state index in [0.29, 0.717) is 26.2 Å². The van der Waals surface area contributed by atoms with Crippen molar-refractivity contribution in [2.75, 3.05) is 38.0 Å². The third kappa shape index (κ3) is 3.76. The minimum absolute atomic E-state index is 0.105. The summed E-state index contributed by atoms with van der Waals surface area (Å²) in [5, 5.41) is 2.54. The molecule has 0 spiro atoms. The van der Waals surface area contributed by atoms with Crippen LogP contribution in [0.25, 0.3) is 0 Å². The normalized spacial score (nSPS) is 21.7. The van der Waals surface area contributed by atoms with Gasteiger partial charge < -0.3 is 20.0 Å². The molecule has 1 atom stereocenters. The number of rotatable bonds is 2. The highest BCUT2D eigenvalue weighted by Crippen LogP contribution is 2.19. The van der Waals surface area contributed by atoms with E-state index >= 15 is 0 Å². The summed E-state index contributed by atoms with van der Waals surface area (Å²) < 4.78 is 26.5. The number of benzene rings is 1. The van der Waals surface area contributed by atoms with Gasteiger partial charge in [0.25, 0.3) is 0 Å². The maximum Gasteiger partial charge on any atom is 0.321 e. The lowest BCUT2D eigenvalue weighted by molar-refractivity contribution is 0.167. The molecule has 4 rings (SSSR count). The molecule has 0 radical (unpaired) electrons. The second-order valence-corrected chi connectivity index (χ2v) is 6.80. The van der Waals surface area contributed by atoms with Gasteiger partial charge in [-0.1, -0.05) is 0 Å². The molecule has 1 aromatic carbocycles. The first-order valence-corrected chi connectivity index (χ1v) is 8.85. The average Bonchev–Trinajstić information content (AvgIpc) is 3.00. The average molecular weight is 374 g/mol. The lowest BCUT2D eigenvalue weighted by Gasteiger charge is -2.36. The predicted molar refractivity (Wildman–Crippen MR) is 98.7 cm³/mol. The zero-order valence-corrected chi connectivity index (χ0v) is 14.9. The van der Waals surface area contributed by atoms with Crippen LogP contribution in [-0.4, -0.2) is 71.7 Å². The van der Waals surface area contributed by atoms with Crippen LogP contribution in [0.5, 0.6) is 0 Å². The number of anilines is 1. The second kappa shape index (κ2) is 6.98. The van der Waals surface area contributed by atoms with E-state index in [9.17, 15) is 13.6 Å². The van der Waals surface area contributed by atoms with E-state index in [2.05, 4.69) is 27.1 Å². The summed E-state index contributed by atoms with van der Waals surface area (Å²) in [7, 11) is 0. The van der Waals surface area contributed by atoms with Crippen LogP contribution in [0.15, 0.2) is 40.1 Å². The van der Waals surface area contributed by atoms with Crippen LogP contribution in [0.2, 0.25) is 0 Å². The summed E-state index contributed by atoms with van der Waals surface area (Å²) in [6, 6.07) is 2.83. The van der Waals surface area contributed by atoms with Gasteiger partial charge in [-0.05, 0) is 19.1 Å². The summed E-state index contributed by atoms with van der Waals surface area (Å²) in [6.45, 7) is 5.13. The molecule has 0 aliphatic carbocycles. The number of amidine groups is 1. The Morgan fingerprint density at radius 3 is 2.56 bits per heavy atom. The van der Waals surface area contributed by atoms with Crippen molar-refractivity contribution < 1.29 is 13.6 Å². The van der Waals surface area contributed by atoms with Gasteiger partial charge in [0.1, 0.15) is 23.3 Å². The molecule has 1 fully saturated rings. The Kier molecular flexibility index (Phi) is 4.51. The summed E-state index contributed by atoms with van der Waals surface area (Å²) in [5.74, 6) is 0.304. The first kappa shape index (κ1) is 17.4.